The Morgan fingerprint density at radius 1 is 1.19 bits per heavy atom. The first-order valence-corrected chi connectivity index (χ1v) is 9.45. The van der Waals surface area contributed by atoms with Gasteiger partial charge in [-0.1, -0.05) is 42.0 Å². The molecule has 0 amide bonds. The number of nitrogens with zero attached hydrogens (tertiary/aromatic N) is 2. The second-order valence-corrected chi connectivity index (χ2v) is 7.46. The lowest BCUT2D eigenvalue weighted by atomic mass is 9.92. The lowest BCUT2D eigenvalue weighted by Crippen LogP contribution is -2.39. The van der Waals surface area contributed by atoms with E-state index < -0.39 is 12.0 Å². The Morgan fingerprint density at radius 3 is 2.81 bits per heavy atom. The van der Waals surface area contributed by atoms with Crippen molar-refractivity contribution in [2.75, 3.05) is 6.54 Å². The third-order valence-corrected chi connectivity index (χ3v) is 5.57. The van der Waals surface area contributed by atoms with Crippen LogP contribution < -0.4 is 0 Å². The van der Waals surface area contributed by atoms with E-state index in [0.717, 1.165) is 29.4 Å². The van der Waals surface area contributed by atoms with Gasteiger partial charge in [0.1, 0.15) is 6.04 Å². The number of likely N-dealkylation sites (tertiary alicyclic amines) is 1. The summed E-state index contributed by atoms with van der Waals surface area (Å²) in [6.07, 6.45) is 3.50. The van der Waals surface area contributed by atoms with Crippen molar-refractivity contribution in [1.82, 2.24) is 9.88 Å². The number of carboxylic acids is 1. The summed E-state index contributed by atoms with van der Waals surface area (Å²) in [5.74, 6) is -0.739. The number of para-hydroxylation sites is 1. The number of hydrogen-bond donors (Lipinski definition) is 1. The van der Waals surface area contributed by atoms with Crippen LogP contribution in [0.4, 0.5) is 0 Å². The smallest absolute Gasteiger partial charge is 0.320 e. The largest absolute Gasteiger partial charge is 0.480 e. The van der Waals surface area contributed by atoms with Crippen LogP contribution in [-0.4, -0.2) is 33.5 Å². The minimum absolute atomic E-state index is 0.106. The highest BCUT2D eigenvalue weighted by atomic mass is 16.4. The van der Waals surface area contributed by atoms with E-state index in [-0.39, 0.29) is 6.04 Å². The molecule has 0 radical (unpaired) electrons. The first-order chi connectivity index (χ1) is 13.0. The molecule has 0 spiro atoms. The Labute approximate surface area is 159 Å². The molecule has 1 N–H and O–H groups in total. The molecule has 0 aliphatic carbocycles. The van der Waals surface area contributed by atoms with Crippen molar-refractivity contribution in [3.8, 4) is 0 Å². The van der Waals surface area contributed by atoms with Crippen molar-refractivity contribution in [1.29, 1.82) is 0 Å². The zero-order chi connectivity index (χ0) is 19.0. The Morgan fingerprint density at radius 2 is 2.00 bits per heavy atom. The summed E-state index contributed by atoms with van der Waals surface area (Å²) in [5.41, 5.74) is 5.53. The second kappa shape index (κ2) is 7.12. The van der Waals surface area contributed by atoms with Gasteiger partial charge in [-0.25, -0.2) is 0 Å². The molecule has 1 aliphatic heterocycles. The zero-order valence-corrected chi connectivity index (χ0v) is 15.7. The lowest BCUT2D eigenvalue weighted by Gasteiger charge is -2.33. The molecular weight excluding hydrogens is 336 g/mol. The number of aliphatic carboxylic acids is 1. The van der Waals surface area contributed by atoms with Crippen molar-refractivity contribution in [3.63, 3.8) is 0 Å². The van der Waals surface area contributed by atoms with Crippen LogP contribution in [0, 0.1) is 13.8 Å². The van der Waals surface area contributed by atoms with Crippen LogP contribution in [0.3, 0.4) is 0 Å². The van der Waals surface area contributed by atoms with Crippen LogP contribution in [0.25, 0.3) is 10.9 Å². The molecule has 27 heavy (non-hydrogen) atoms. The first kappa shape index (κ1) is 17.7. The number of benzene rings is 2. The third kappa shape index (κ3) is 3.33. The molecule has 1 fully saturated rings. The van der Waals surface area contributed by atoms with E-state index in [1.54, 1.807) is 0 Å². The highest BCUT2D eigenvalue weighted by Crippen LogP contribution is 2.37. The highest BCUT2D eigenvalue weighted by Gasteiger charge is 2.37. The molecule has 2 atom stereocenters. The fourth-order valence-electron chi connectivity index (χ4n) is 4.21. The molecule has 138 valence electrons. The van der Waals surface area contributed by atoms with Gasteiger partial charge in [-0.05, 0) is 55.5 Å². The lowest BCUT2D eigenvalue weighted by molar-refractivity contribution is -0.142. The topological polar surface area (TPSA) is 53.4 Å². The average Bonchev–Trinajstić information content (AvgIpc) is 3.14. The molecule has 1 aliphatic rings. The van der Waals surface area contributed by atoms with Gasteiger partial charge in [0.2, 0.25) is 0 Å². The molecule has 1 aromatic heterocycles. The summed E-state index contributed by atoms with van der Waals surface area (Å²) in [7, 11) is 0. The molecule has 2 aromatic carbocycles. The molecule has 0 bridgehead atoms. The van der Waals surface area contributed by atoms with Crippen LogP contribution in [0.15, 0.2) is 54.7 Å². The number of carbonyl (C=O) groups is 1. The molecule has 4 heteroatoms. The van der Waals surface area contributed by atoms with E-state index in [4.69, 9.17) is 0 Å². The van der Waals surface area contributed by atoms with Gasteiger partial charge in [0, 0.05) is 18.1 Å². The minimum atomic E-state index is -0.739. The predicted octanol–water partition coefficient (Wildman–Crippen LogP) is 4.49. The van der Waals surface area contributed by atoms with Crippen LogP contribution in [0.1, 0.15) is 41.1 Å². The van der Waals surface area contributed by atoms with Gasteiger partial charge in [-0.3, -0.25) is 14.7 Å². The number of pyridine rings is 1. The normalized spacial score (nSPS) is 18.7. The van der Waals surface area contributed by atoms with Gasteiger partial charge < -0.3 is 5.11 Å². The number of aromatic nitrogens is 1. The standard InChI is InChI=1S/C23H24N2O2/c1-15-9-10-16(2)19(12-15)22(25-11-5-8-21(25)23(26)27)18-13-17-6-3-4-7-20(17)24-14-18/h3-4,6-7,9-10,12-14,21-22H,5,8,11H2,1-2H3,(H,26,27). The van der Waals surface area contributed by atoms with Crippen molar-refractivity contribution >= 4 is 16.9 Å². The quantitative estimate of drug-likeness (QED) is 0.745. The summed E-state index contributed by atoms with van der Waals surface area (Å²) in [5, 5.41) is 10.8. The van der Waals surface area contributed by atoms with Crippen LogP contribution in [-0.2, 0) is 4.79 Å². The average molecular weight is 360 g/mol. The van der Waals surface area contributed by atoms with Gasteiger partial charge in [0.25, 0.3) is 0 Å². The van der Waals surface area contributed by atoms with E-state index in [9.17, 15) is 9.90 Å². The van der Waals surface area contributed by atoms with Crippen LogP contribution in [0.5, 0.6) is 0 Å². The number of aryl methyl sites for hydroxylation is 2. The highest BCUT2D eigenvalue weighted by molar-refractivity contribution is 5.79. The number of fused-ring (bicyclic) bond motifs is 1. The number of carboxylic acid groups (broad SMARTS) is 1. The zero-order valence-electron chi connectivity index (χ0n) is 15.7. The number of rotatable bonds is 4. The summed E-state index contributed by atoms with van der Waals surface area (Å²) in [4.78, 5) is 18.7. The Kier molecular flexibility index (Phi) is 4.66. The molecular formula is C23H24N2O2. The maximum Gasteiger partial charge on any atom is 0.320 e. The Balaban J connectivity index is 1.89. The molecule has 4 rings (SSSR count). The monoisotopic (exact) mass is 360 g/mol. The molecule has 4 nitrogen and oxygen atoms in total. The van der Waals surface area contributed by atoms with Gasteiger partial charge >= 0.3 is 5.97 Å². The van der Waals surface area contributed by atoms with Gasteiger partial charge in [0.05, 0.1) is 11.6 Å². The van der Waals surface area contributed by atoms with Crippen molar-refractivity contribution in [2.45, 2.75) is 38.8 Å². The van der Waals surface area contributed by atoms with E-state index in [0.29, 0.717) is 6.42 Å². The van der Waals surface area contributed by atoms with Gasteiger partial charge in [-0.15, -0.1) is 0 Å². The molecule has 1 saturated heterocycles. The Hall–Kier alpha value is -2.72. The van der Waals surface area contributed by atoms with Gasteiger partial charge in [-0.2, -0.15) is 0 Å². The fourth-order valence-corrected chi connectivity index (χ4v) is 4.21. The van der Waals surface area contributed by atoms with E-state index >= 15 is 0 Å². The van der Waals surface area contributed by atoms with Crippen molar-refractivity contribution < 1.29 is 9.90 Å². The first-order valence-electron chi connectivity index (χ1n) is 9.45. The van der Waals surface area contributed by atoms with Crippen LogP contribution in [0.2, 0.25) is 0 Å². The molecule has 2 unspecified atom stereocenters. The van der Waals surface area contributed by atoms with Crippen molar-refractivity contribution in [2.24, 2.45) is 0 Å². The predicted molar refractivity (Wildman–Crippen MR) is 107 cm³/mol. The minimum Gasteiger partial charge on any atom is -0.480 e. The number of hydrogen-bond acceptors (Lipinski definition) is 3. The maximum absolute atomic E-state index is 11.9. The summed E-state index contributed by atoms with van der Waals surface area (Å²) in [6, 6.07) is 16.1. The summed E-state index contributed by atoms with van der Waals surface area (Å²) in [6.45, 7) is 4.96. The van der Waals surface area contributed by atoms with Crippen molar-refractivity contribution in [3.05, 3.63) is 77.0 Å². The maximum atomic E-state index is 11.9. The van der Waals surface area contributed by atoms with Gasteiger partial charge in [0.15, 0.2) is 0 Å². The SMILES string of the molecule is Cc1ccc(C)c(C(c2cnc3ccccc3c2)N2CCCC2C(=O)O)c1. The third-order valence-electron chi connectivity index (χ3n) is 5.57. The van der Waals surface area contributed by atoms with Crippen LogP contribution >= 0.6 is 0 Å². The molecule has 2 heterocycles. The van der Waals surface area contributed by atoms with E-state index in [2.05, 4.69) is 54.1 Å². The second-order valence-electron chi connectivity index (χ2n) is 7.46. The Bertz CT molecular complexity index is 999. The summed E-state index contributed by atoms with van der Waals surface area (Å²) >= 11 is 0. The summed E-state index contributed by atoms with van der Waals surface area (Å²) < 4.78 is 0. The van der Waals surface area contributed by atoms with E-state index in [1.807, 2.05) is 24.4 Å². The molecule has 3 aromatic rings. The van der Waals surface area contributed by atoms with E-state index in [1.165, 1.54) is 16.7 Å². The fraction of sp³-hybridized carbons (Fsp3) is 0.304. The molecule has 0 saturated carbocycles.